The summed E-state index contributed by atoms with van der Waals surface area (Å²) in [5, 5.41) is 13.4. The van der Waals surface area contributed by atoms with E-state index in [2.05, 4.69) is 0 Å². The van der Waals surface area contributed by atoms with Crippen molar-refractivity contribution in [3.05, 3.63) is 86.6 Å². The average Bonchev–Trinajstić information content (AvgIpc) is 3.43. The first-order valence-electron chi connectivity index (χ1n) is 10.3. The highest BCUT2D eigenvalue weighted by Gasteiger charge is 2.47. The Labute approximate surface area is 200 Å². The highest BCUT2D eigenvalue weighted by atomic mass is 35.5. The first kappa shape index (κ1) is 22.9. The van der Waals surface area contributed by atoms with Crippen LogP contribution in [-0.4, -0.2) is 35.4 Å². The van der Waals surface area contributed by atoms with Crippen LogP contribution in [0.3, 0.4) is 0 Å². The van der Waals surface area contributed by atoms with Gasteiger partial charge in [0.2, 0.25) is 0 Å². The van der Waals surface area contributed by atoms with Crippen LogP contribution < -0.4 is 9.47 Å². The quantitative estimate of drug-likeness (QED) is 0.275. The molecule has 1 unspecified atom stereocenters. The van der Waals surface area contributed by atoms with Gasteiger partial charge in [-0.1, -0.05) is 35.9 Å². The molecule has 4 rings (SSSR count). The van der Waals surface area contributed by atoms with Gasteiger partial charge in [0, 0.05) is 16.0 Å². The molecule has 2 aromatic carbocycles. The predicted molar refractivity (Wildman–Crippen MR) is 128 cm³/mol. The standard InChI is InChI=1S/C25H22ClNO5S/c1-3-32-16-10-11-18(26)17(13-16)23(28)21-22(20-9-6-12-33-20)27(25(30)24(21)29)14-15-7-4-5-8-19(15)31-2/h4-13,22,28H,3,14H2,1-2H3/b23-21-. The fraction of sp³-hybridized carbons (Fsp3) is 0.200. The molecule has 33 heavy (non-hydrogen) atoms. The summed E-state index contributed by atoms with van der Waals surface area (Å²) in [4.78, 5) is 28.6. The summed E-state index contributed by atoms with van der Waals surface area (Å²) in [6.45, 7) is 2.41. The van der Waals surface area contributed by atoms with Crippen LogP contribution in [0.1, 0.15) is 29.0 Å². The Morgan fingerprint density at radius 2 is 1.94 bits per heavy atom. The Balaban J connectivity index is 1.85. The monoisotopic (exact) mass is 483 g/mol. The number of nitrogens with zero attached hydrogens (tertiary/aromatic N) is 1. The molecule has 1 amide bonds. The molecule has 3 aromatic rings. The molecule has 1 aromatic heterocycles. The maximum absolute atomic E-state index is 13.2. The third kappa shape index (κ3) is 4.34. The van der Waals surface area contributed by atoms with Gasteiger partial charge < -0.3 is 19.5 Å². The minimum Gasteiger partial charge on any atom is -0.507 e. The second kappa shape index (κ2) is 9.68. The summed E-state index contributed by atoms with van der Waals surface area (Å²) in [7, 11) is 1.55. The van der Waals surface area contributed by atoms with Gasteiger partial charge in [0.05, 0.1) is 36.9 Å². The zero-order valence-corrected chi connectivity index (χ0v) is 19.7. The zero-order chi connectivity index (χ0) is 23.5. The number of Topliss-reactive ketones (excluding diaryl/α,β-unsaturated/α-hetero) is 1. The van der Waals surface area contributed by atoms with Crippen LogP contribution in [0.5, 0.6) is 11.5 Å². The van der Waals surface area contributed by atoms with Crippen molar-refractivity contribution in [2.75, 3.05) is 13.7 Å². The van der Waals surface area contributed by atoms with Gasteiger partial charge in [0.15, 0.2) is 0 Å². The van der Waals surface area contributed by atoms with Crippen molar-refractivity contribution in [3.8, 4) is 11.5 Å². The van der Waals surface area contributed by atoms with Crippen LogP contribution in [0.4, 0.5) is 0 Å². The predicted octanol–water partition coefficient (Wildman–Crippen LogP) is 5.43. The second-order valence-electron chi connectivity index (χ2n) is 7.33. The molecule has 0 spiro atoms. The number of rotatable bonds is 7. The fourth-order valence-corrected chi connectivity index (χ4v) is 4.94. The molecule has 2 heterocycles. The molecule has 0 aliphatic carbocycles. The van der Waals surface area contributed by atoms with Crippen molar-refractivity contribution in [2.45, 2.75) is 19.5 Å². The van der Waals surface area contributed by atoms with E-state index >= 15 is 0 Å². The lowest BCUT2D eigenvalue weighted by molar-refractivity contribution is -0.140. The summed E-state index contributed by atoms with van der Waals surface area (Å²) >= 11 is 7.76. The smallest absolute Gasteiger partial charge is 0.295 e. The van der Waals surface area contributed by atoms with Gasteiger partial charge in [-0.2, -0.15) is 0 Å². The number of amides is 1. The van der Waals surface area contributed by atoms with Crippen molar-refractivity contribution >= 4 is 40.4 Å². The number of aliphatic hydroxyl groups is 1. The Bertz CT molecular complexity index is 1220. The fourth-order valence-electron chi connectivity index (χ4n) is 3.89. The number of thiophene rings is 1. The number of methoxy groups -OCH3 is 1. The molecule has 1 atom stereocenters. The number of benzene rings is 2. The molecule has 1 N–H and O–H groups in total. The second-order valence-corrected chi connectivity index (χ2v) is 8.72. The van der Waals surface area contributed by atoms with Crippen molar-refractivity contribution in [1.29, 1.82) is 0 Å². The summed E-state index contributed by atoms with van der Waals surface area (Å²) in [6, 6.07) is 15.1. The molecule has 0 saturated carbocycles. The van der Waals surface area contributed by atoms with Gasteiger partial charge >= 0.3 is 0 Å². The lowest BCUT2D eigenvalue weighted by atomic mass is 9.99. The summed E-state index contributed by atoms with van der Waals surface area (Å²) < 4.78 is 10.9. The molecule has 0 bridgehead atoms. The van der Waals surface area contributed by atoms with E-state index in [9.17, 15) is 14.7 Å². The van der Waals surface area contributed by atoms with Crippen molar-refractivity contribution in [1.82, 2.24) is 4.90 Å². The first-order chi connectivity index (χ1) is 16.0. The third-order valence-electron chi connectivity index (χ3n) is 5.39. The minimum absolute atomic E-state index is 0.00658. The van der Waals surface area contributed by atoms with E-state index in [0.29, 0.717) is 18.1 Å². The maximum Gasteiger partial charge on any atom is 0.295 e. The van der Waals surface area contributed by atoms with E-state index in [-0.39, 0.29) is 28.5 Å². The molecule has 8 heteroatoms. The summed E-state index contributed by atoms with van der Waals surface area (Å²) in [5.74, 6) is -0.686. The van der Waals surface area contributed by atoms with Gasteiger partial charge in [-0.05, 0) is 42.6 Å². The Kier molecular flexibility index (Phi) is 6.72. The summed E-state index contributed by atoms with van der Waals surface area (Å²) in [6.07, 6.45) is 0. The normalized spacial score (nSPS) is 17.4. The van der Waals surface area contributed by atoms with Crippen LogP contribution in [0.15, 0.2) is 65.6 Å². The van der Waals surface area contributed by atoms with Gasteiger partial charge in [-0.3, -0.25) is 9.59 Å². The number of ether oxygens (including phenoxy) is 2. The van der Waals surface area contributed by atoms with Crippen molar-refractivity contribution in [2.24, 2.45) is 0 Å². The van der Waals surface area contributed by atoms with Crippen LogP contribution in [0, 0.1) is 0 Å². The number of carbonyl (C=O) groups excluding carboxylic acids is 2. The number of hydrogen-bond acceptors (Lipinski definition) is 6. The highest BCUT2D eigenvalue weighted by Crippen LogP contribution is 2.43. The first-order valence-corrected chi connectivity index (χ1v) is 11.6. The topological polar surface area (TPSA) is 76.1 Å². The molecular formula is C25H22ClNO5S. The SMILES string of the molecule is CCOc1ccc(Cl)c(/C(O)=C2/C(=O)C(=O)N(Cc3ccccc3OC)C2c2cccs2)c1. The van der Waals surface area contributed by atoms with Gasteiger partial charge in [-0.15, -0.1) is 11.3 Å². The lowest BCUT2D eigenvalue weighted by Gasteiger charge is -2.25. The number of aliphatic hydroxyl groups excluding tert-OH is 1. The molecule has 0 radical (unpaired) electrons. The lowest BCUT2D eigenvalue weighted by Crippen LogP contribution is -2.29. The van der Waals surface area contributed by atoms with E-state index in [1.807, 2.05) is 42.6 Å². The van der Waals surface area contributed by atoms with E-state index in [4.69, 9.17) is 21.1 Å². The van der Waals surface area contributed by atoms with Crippen LogP contribution in [0.25, 0.3) is 5.76 Å². The van der Waals surface area contributed by atoms with Crippen molar-refractivity contribution in [3.63, 3.8) is 0 Å². The van der Waals surface area contributed by atoms with Crippen LogP contribution in [-0.2, 0) is 16.1 Å². The van der Waals surface area contributed by atoms with E-state index < -0.39 is 17.7 Å². The molecule has 170 valence electrons. The minimum atomic E-state index is -0.765. The molecule has 1 saturated heterocycles. The van der Waals surface area contributed by atoms with Gasteiger partial charge in [0.1, 0.15) is 17.3 Å². The van der Waals surface area contributed by atoms with Crippen LogP contribution in [0.2, 0.25) is 5.02 Å². The van der Waals surface area contributed by atoms with Gasteiger partial charge in [0.25, 0.3) is 11.7 Å². The number of halogens is 1. The van der Waals surface area contributed by atoms with Crippen molar-refractivity contribution < 1.29 is 24.2 Å². The largest absolute Gasteiger partial charge is 0.507 e. The molecule has 1 aliphatic heterocycles. The highest BCUT2D eigenvalue weighted by molar-refractivity contribution is 7.10. The van der Waals surface area contributed by atoms with E-state index in [1.165, 1.54) is 16.2 Å². The van der Waals surface area contributed by atoms with E-state index in [1.54, 1.807) is 31.4 Å². The number of hydrogen-bond donors (Lipinski definition) is 1. The zero-order valence-electron chi connectivity index (χ0n) is 18.1. The third-order valence-corrected chi connectivity index (χ3v) is 6.64. The Morgan fingerprint density at radius 3 is 2.64 bits per heavy atom. The molecule has 1 aliphatic rings. The number of ketones is 1. The average molecular weight is 484 g/mol. The molecule has 6 nitrogen and oxygen atoms in total. The Morgan fingerprint density at radius 1 is 1.15 bits per heavy atom. The number of para-hydroxylation sites is 1. The molecular weight excluding hydrogens is 462 g/mol. The number of carbonyl (C=O) groups is 2. The van der Waals surface area contributed by atoms with Crippen LogP contribution >= 0.6 is 22.9 Å². The van der Waals surface area contributed by atoms with Gasteiger partial charge in [-0.25, -0.2) is 0 Å². The molecule has 1 fully saturated rings. The maximum atomic E-state index is 13.2. The number of likely N-dealkylation sites (tertiary alicyclic amines) is 1. The Hall–Kier alpha value is -3.29. The summed E-state index contributed by atoms with van der Waals surface area (Å²) in [5.41, 5.74) is 0.979. The van der Waals surface area contributed by atoms with E-state index in [0.717, 1.165) is 10.4 Å².